The normalized spacial score (nSPS) is 13.7. The number of rotatable bonds is 9. The van der Waals surface area contributed by atoms with Crippen LogP contribution in [0.1, 0.15) is 34.3 Å². The first kappa shape index (κ1) is 18.2. The maximum atomic E-state index is 12.6. The van der Waals surface area contributed by atoms with Gasteiger partial charge in [-0.1, -0.05) is 18.2 Å². The molecule has 4 nitrogen and oxygen atoms in total. The summed E-state index contributed by atoms with van der Waals surface area (Å²) >= 11 is 0. The average molecular weight is 362 g/mol. The number of alkyl halides is 2. The maximum absolute atomic E-state index is 12.6. The summed E-state index contributed by atoms with van der Waals surface area (Å²) in [5.74, 6) is -0.0550. The summed E-state index contributed by atoms with van der Waals surface area (Å²) in [6.07, 6.45) is 3.60. The summed E-state index contributed by atoms with van der Waals surface area (Å²) in [6, 6.07) is 11.7. The van der Waals surface area contributed by atoms with Crippen LogP contribution in [0.2, 0.25) is 0 Å². The second-order valence-corrected chi connectivity index (χ2v) is 6.42. The molecule has 26 heavy (non-hydrogen) atoms. The summed E-state index contributed by atoms with van der Waals surface area (Å²) in [6.45, 7) is -2.38. The van der Waals surface area contributed by atoms with E-state index in [9.17, 15) is 13.6 Å². The predicted octanol–water partition coefficient (Wildman–Crippen LogP) is 4.56. The molecular weight excluding hydrogens is 342 g/mol. The molecule has 0 unspecified atom stereocenters. The zero-order valence-electron chi connectivity index (χ0n) is 14.2. The molecule has 0 aliphatic heterocycles. The number of hydrogen-bond donors (Lipinski definition) is 1. The molecule has 0 amide bonds. The van der Waals surface area contributed by atoms with Crippen LogP contribution in [0.3, 0.4) is 0 Å². The predicted molar refractivity (Wildman–Crippen MR) is 92.1 cm³/mol. The Morgan fingerprint density at radius 1 is 1.04 bits per heavy atom. The van der Waals surface area contributed by atoms with Crippen LogP contribution in [0.4, 0.5) is 8.78 Å². The van der Waals surface area contributed by atoms with Crippen LogP contribution in [0, 0.1) is 5.92 Å². The van der Waals surface area contributed by atoms with E-state index < -0.39 is 12.6 Å². The Morgan fingerprint density at radius 2 is 1.69 bits per heavy atom. The van der Waals surface area contributed by atoms with Crippen LogP contribution >= 0.6 is 0 Å². The van der Waals surface area contributed by atoms with Gasteiger partial charge in [0.2, 0.25) is 0 Å². The van der Waals surface area contributed by atoms with Crippen molar-refractivity contribution in [1.29, 1.82) is 0 Å². The van der Waals surface area contributed by atoms with Crippen LogP contribution in [-0.4, -0.2) is 24.3 Å². The SMILES string of the molecule is O=C(O)c1ccc(CCc2ccc(OC(F)F)c(OCC3CC3)c2)cc1. The van der Waals surface area contributed by atoms with Crippen LogP contribution in [-0.2, 0) is 12.8 Å². The Bertz CT molecular complexity index is 755. The van der Waals surface area contributed by atoms with Crippen LogP contribution in [0.15, 0.2) is 42.5 Å². The summed E-state index contributed by atoms with van der Waals surface area (Å²) in [5.41, 5.74) is 2.20. The Balaban J connectivity index is 1.66. The molecule has 138 valence electrons. The van der Waals surface area contributed by atoms with Gasteiger partial charge in [-0.15, -0.1) is 0 Å². The van der Waals surface area contributed by atoms with Crippen molar-refractivity contribution >= 4 is 5.97 Å². The molecule has 6 heteroatoms. The summed E-state index contributed by atoms with van der Waals surface area (Å²) in [5, 5.41) is 8.92. The number of aromatic carboxylic acids is 1. The Labute approximate surface area is 150 Å². The van der Waals surface area contributed by atoms with Crippen LogP contribution in [0.5, 0.6) is 11.5 Å². The highest BCUT2D eigenvalue weighted by Gasteiger charge is 2.23. The van der Waals surface area contributed by atoms with Gasteiger partial charge in [0.25, 0.3) is 0 Å². The highest BCUT2D eigenvalue weighted by atomic mass is 19.3. The van der Waals surface area contributed by atoms with Gasteiger partial charge in [0.1, 0.15) is 0 Å². The third kappa shape index (κ3) is 5.18. The van der Waals surface area contributed by atoms with Gasteiger partial charge in [0.15, 0.2) is 11.5 Å². The quantitative estimate of drug-likeness (QED) is 0.710. The number of carbonyl (C=O) groups is 1. The zero-order chi connectivity index (χ0) is 18.5. The van der Waals surface area contributed by atoms with Gasteiger partial charge in [-0.25, -0.2) is 4.79 Å². The van der Waals surface area contributed by atoms with Crippen molar-refractivity contribution < 1.29 is 28.2 Å². The molecule has 0 radical (unpaired) electrons. The maximum Gasteiger partial charge on any atom is 0.387 e. The molecule has 0 atom stereocenters. The molecule has 1 fully saturated rings. The van der Waals surface area contributed by atoms with Gasteiger partial charge < -0.3 is 14.6 Å². The third-order valence-corrected chi connectivity index (χ3v) is 4.30. The van der Waals surface area contributed by atoms with Gasteiger partial charge >= 0.3 is 12.6 Å². The molecule has 1 aliphatic rings. The molecule has 2 aromatic rings. The molecule has 0 spiro atoms. The number of aryl methyl sites for hydroxylation is 2. The second-order valence-electron chi connectivity index (χ2n) is 6.42. The van der Waals surface area contributed by atoms with Crippen LogP contribution < -0.4 is 9.47 Å². The lowest BCUT2D eigenvalue weighted by molar-refractivity contribution is -0.0515. The van der Waals surface area contributed by atoms with Crippen molar-refractivity contribution in [2.24, 2.45) is 5.92 Å². The molecule has 1 saturated carbocycles. The van der Waals surface area contributed by atoms with Gasteiger partial charge in [-0.3, -0.25) is 0 Å². The monoisotopic (exact) mass is 362 g/mol. The summed E-state index contributed by atoms with van der Waals surface area (Å²) in [4.78, 5) is 10.9. The van der Waals surface area contributed by atoms with E-state index in [1.807, 2.05) is 0 Å². The Kier molecular flexibility index (Phi) is 5.71. The highest BCUT2D eigenvalue weighted by Crippen LogP contribution is 2.34. The minimum atomic E-state index is -2.89. The number of hydrogen-bond acceptors (Lipinski definition) is 3. The average Bonchev–Trinajstić information content (AvgIpc) is 3.44. The molecule has 2 aromatic carbocycles. The molecule has 1 aliphatic carbocycles. The van der Waals surface area contributed by atoms with Crippen molar-refractivity contribution in [3.8, 4) is 11.5 Å². The summed E-state index contributed by atoms with van der Waals surface area (Å²) in [7, 11) is 0. The number of halogens is 2. The van der Waals surface area contributed by atoms with Crippen molar-refractivity contribution in [2.45, 2.75) is 32.3 Å². The lowest BCUT2D eigenvalue weighted by atomic mass is 10.0. The van der Waals surface area contributed by atoms with Crippen molar-refractivity contribution in [1.82, 2.24) is 0 Å². The molecule has 3 rings (SSSR count). The van der Waals surface area contributed by atoms with Gasteiger partial charge in [0, 0.05) is 0 Å². The van der Waals surface area contributed by atoms with E-state index in [2.05, 4.69) is 4.74 Å². The first-order valence-corrected chi connectivity index (χ1v) is 8.54. The number of benzene rings is 2. The van der Waals surface area contributed by atoms with Gasteiger partial charge in [-0.2, -0.15) is 8.78 Å². The van der Waals surface area contributed by atoms with E-state index >= 15 is 0 Å². The lowest BCUT2D eigenvalue weighted by Gasteiger charge is -2.13. The number of carboxylic acid groups (broad SMARTS) is 1. The molecule has 0 bridgehead atoms. The largest absolute Gasteiger partial charge is 0.489 e. The fraction of sp³-hybridized carbons (Fsp3) is 0.350. The minimum absolute atomic E-state index is 0.0511. The van der Waals surface area contributed by atoms with Gasteiger partial charge in [0.05, 0.1) is 12.2 Å². The Morgan fingerprint density at radius 3 is 2.31 bits per heavy atom. The highest BCUT2D eigenvalue weighted by molar-refractivity contribution is 5.87. The van der Waals surface area contributed by atoms with Crippen molar-refractivity contribution in [3.63, 3.8) is 0 Å². The van der Waals surface area contributed by atoms with Crippen molar-refractivity contribution in [2.75, 3.05) is 6.61 Å². The molecule has 0 aromatic heterocycles. The fourth-order valence-electron chi connectivity index (χ4n) is 2.61. The van der Waals surface area contributed by atoms with Crippen molar-refractivity contribution in [3.05, 3.63) is 59.2 Å². The second kappa shape index (κ2) is 8.17. The molecule has 0 heterocycles. The standard InChI is InChI=1S/C20H20F2O4/c21-20(22)26-17-10-7-14(11-18(17)25-12-15-3-4-15)2-1-13-5-8-16(9-6-13)19(23)24/h5-11,15,20H,1-4,12H2,(H,23,24). The summed E-state index contributed by atoms with van der Waals surface area (Å²) < 4.78 is 35.3. The first-order valence-electron chi connectivity index (χ1n) is 8.54. The molecule has 1 N–H and O–H groups in total. The smallest absolute Gasteiger partial charge is 0.387 e. The fourth-order valence-corrected chi connectivity index (χ4v) is 2.61. The van der Waals surface area contributed by atoms with E-state index in [0.717, 1.165) is 24.0 Å². The third-order valence-electron chi connectivity index (χ3n) is 4.30. The van der Waals surface area contributed by atoms with Crippen LogP contribution in [0.25, 0.3) is 0 Å². The molecule has 0 saturated heterocycles. The van der Waals surface area contributed by atoms with E-state index in [-0.39, 0.29) is 11.3 Å². The number of carboxylic acids is 1. The molecular formula is C20H20F2O4. The lowest BCUT2D eigenvalue weighted by Crippen LogP contribution is -2.06. The van der Waals surface area contributed by atoms with Gasteiger partial charge in [-0.05, 0) is 67.0 Å². The zero-order valence-corrected chi connectivity index (χ0v) is 14.2. The minimum Gasteiger partial charge on any atom is -0.489 e. The van der Waals surface area contributed by atoms with E-state index in [1.165, 1.54) is 6.07 Å². The van der Waals surface area contributed by atoms with E-state index in [1.54, 1.807) is 36.4 Å². The number of ether oxygens (including phenoxy) is 2. The topological polar surface area (TPSA) is 55.8 Å². The van der Waals surface area contributed by atoms with E-state index in [0.29, 0.717) is 31.1 Å². The van der Waals surface area contributed by atoms with E-state index in [4.69, 9.17) is 9.84 Å². The first-order chi connectivity index (χ1) is 12.5. The Hall–Kier alpha value is -2.63.